The lowest BCUT2D eigenvalue weighted by Crippen LogP contribution is -2.41. The highest BCUT2D eigenvalue weighted by atomic mass is 16.6. The van der Waals surface area contributed by atoms with Gasteiger partial charge in [0.25, 0.3) is 5.91 Å². The quantitative estimate of drug-likeness (QED) is 0.449. The van der Waals surface area contributed by atoms with Crippen molar-refractivity contribution in [2.75, 3.05) is 26.4 Å². The van der Waals surface area contributed by atoms with Crippen molar-refractivity contribution in [3.63, 3.8) is 0 Å². The topological polar surface area (TPSA) is 55.8 Å². The minimum absolute atomic E-state index is 0.0639. The number of hydrogen-bond donors (Lipinski definition) is 0. The third-order valence-electron chi connectivity index (χ3n) is 4.44. The zero-order chi connectivity index (χ0) is 20.6. The third-order valence-corrected chi connectivity index (χ3v) is 4.44. The summed E-state index contributed by atoms with van der Waals surface area (Å²) < 4.78 is 10.3. The van der Waals surface area contributed by atoms with E-state index in [9.17, 15) is 9.59 Å². The van der Waals surface area contributed by atoms with Crippen molar-refractivity contribution in [2.24, 2.45) is 0 Å². The van der Waals surface area contributed by atoms with Crippen molar-refractivity contribution in [3.05, 3.63) is 34.9 Å². The summed E-state index contributed by atoms with van der Waals surface area (Å²) in [7, 11) is 0. The Morgan fingerprint density at radius 3 is 1.93 bits per heavy atom. The maximum absolute atomic E-state index is 13.1. The van der Waals surface area contributed by atoms with E-state index in [1.165, 1.54) is 0 Å². The van der Waals surface area contributed by atoms with Crippen LogP contribution in [0.2, 0.25) is 0 Å². The van der Waals surface area contributed by atoms with E-state index in [1.54, 1.807) is 4.90 Å². The molecule has 1 amide bonds. The van der Waals surface area contributed by atoms with Crippen LogP contribution in [0, 0.1) is 0 Å². The Morgan fingerprint density at radius 2 is 1.48 bits per heavy atom. The Balaban J connectivity index is 2.98. The van der Waals surface area contributed by atoms with E-state index in [2.05, 4.69) is 33.8 Å². The van der Waals surface area contributed by atoms with E-state index >= 15 is 0 Å². The van der Waals surface area contributed by atoms with Crippen LogP contribution in [0.25, 0.3) is 0 Å². The maximum atomic E-state index is 13.1. The highest BCUT2D eigenvalue weighted by molar-refractivity contribution is 5.96. The van der Waals surface area contributed by atoms with Crippen LogP contribution in [0.3, 0.4) is 0 Å². The number of nitrogens with zero attached hydrogens (tertiary/aromatic N) is 1. The summed E-state index contributed by atoms with van der Waals surface area (Å²) in [5.41, 5.74) is 2.89. The molecule has 1 aromatic carbocycles. The van der Waals surface area contributed by atoms with Crippen LogP contribution in [-0.2, 0) is 14.3 Å². The number of rotatable bonds is 10. The summed E-state index contributed by atoms with van der Waals surface area (Å²) in [6.45, 7) is 15.2. The van der Waals surface area contributed by atoms with Gasteiger partial charge in [-0.15, -0.1) is 0 Å². The van der Waals surface area contributed by atoms with Crippen LogP contribution in [0.4, 0.5) is 0 Å². The molecule has 0 unspecified atom stereocenters. The van der Waals surface area contributed by atoms with Crippen molar-refractivity contribution in [3.8, 4) is 0 Å². The Hall–Kier alpha value is -1.88. The van der Waals surface area contributed by atoms with Crippen LogP contribution in [0.5, 0.6) is 0 Å². The van der Waals surface area contributed by atoms with Crippen molar-refractivity contribution in [1.29, 1.82) is 0 Å². The van der Waals surface area contributed by atoms with Crippen LogP contribution in [0.1, 0.15) is 81.8 Å². The van der Waals surface area contributed by atoms with Gasteiger partial charge in [-0.1, -0.05) is 33.8 Å². The number of amides is 1. The number of hydrogen-bond acceptors (Lipinski definition) is 4. The second kappa shape index (κ2) is 11.1. The molecule has 0 aliphatic carbocycles. The Bertz CT molecular complexity index is 596. The fourth-order valence-corrected chi connectivity index (χ4v) is 2.66. The predicted molar refractivity (Wildman–Crippen MR) is 108 cm³/mol. The SMILES string of the molecule is CCOCCOC(=O)CN(C(=O)c1cc(C(C)C)cc(C(C)C)c1)C(C)C. The van der Waals surface area contributed by atoms with Gasteiger partial charge in [0.05, 0.1) is 6.61 Å². The summed E-state index contributed by atoms with van der Waals surface area (Å²) in [4.78, 5) is 26.8. The largest absolute Gasteiger partial charge is 0.462 e. The molecular formula is C22H35NO4. The summed E-state index contributed by atoms with van der Waals surface area (Å²) >= 11 is 0. The van der Waals surface area contributed by atoms with Gasteiger partial charge in [0.2, 0.25) is 0 Å². The molecule has 1 rings (SSSR count). The molecule has 0 aromatic heterocycles. The lowest BCUT2D eigenvalue weighted by atomic mass is 9.92. The van der Waals surface area contributed by atoms with Crippen molar-refractivity contribution < 1.29 is 19.1 Å². The molecule has 0 bridgehead atoms. The molecule has 0 atom stereocenters. The van der Waals surface area contributed by atoms with E-state index in [1.807, 2.05) is 32.9 Å². The molecule has 0 aliphatic rings. The summed E-state index contributed by atoms with van der Waals surface area (Å²) in [5, 5.41) is 0. The Kier molecular flexibility index (Phi) is 9.50. The molecule has 27 heavy (non-hydrogen) atoms. The number of benzene rings is 1. The first-order valence-corrected chi connectivity index (χ1v) is 9.86. The Labute approximate surface area is 164 Å². The molecule has 0 radical (unpaired) electrons. The normalized spacial score (nSPS) is 11.3. The third kappa shape index (κ3) is 7.33. The highest BCUT2D eigenvalue weighted by Gasteiger charge is 2.23. The standard InChI is InChI=1S/C22H35NO4/c1-8-26-9-10-27-21(24)14-23(17(6)7)22(25)20-12-18(15(2)3)11-19(13-20)16(4)5/h11-13,15-17H,8-10,14H2,1-7H3. The van der Waals surface area contributed by atoms with Gasteiger partial charge in [-0.2, -0.15) is 0 Å². The molecule has 0 aliphatic heterocycles. The lowest BCUT2D eigenvalue weighted by molar-refractivity contribution is -0.146. The average Bonchev–Trinajstić information content (AvgIpc) is 2.62. The van der Waals surface area contributed by atoms with Crippen LogP contribution >= 0.6 is 0 Å². The van der Waals surface area contributed by atoms with Gasteiger partial charge in [0, 0.05) is 18.2 Å². The van der Waals surface area contributed by atoms with Crippen molar-refractivity contribution >= 4 is 11.9 Å². The smallest absolute Gasteiger partial charge is 0.325 e. The van der Waals surface area contributed by atoms with Crippen molar-refractivity contribution in [2.45, 2.75) is 66.3 Å². The molecule has 0 N–H and O–H groups in total. The first-order valence-electron chi connectivity index (χ1n) is 9.86. The fraction of sp³-hybridized carbons (Fsp3) is 0.636. The maximum Gasteiger partial charge on any atom is 0.325 e. The monoisotopic (exact) mass is 377 g/mol. The summed E-state index contributed by atoms with van der Waals surface area (Å²) in [6, 6.07) is 5.93. The molecule has 152 valence electrons. The van der Waals surface area contributed by atoms with Crippen LogP contribution in [-0.4, -0.2) is 49.2 Å². The van der Waals surface area contributed by atoms with Gasteiger partial charge in [0.15, 0.2) is 0 Å². The molecule has 1 aromatic rings. The van der Waals surface area contributed by atoms with Gasteiger partial charge in [0.1, 0.15) is 13.2 Å². The van der Waals surface area contributed by atoms with E-state index in [4.69, 9.17) is 9.47 Å². The highest BCUT2D eigenvalue weighted by Crippen LogP contribution is 2.24. The predicted octanol–water partition coefficient (Wildman–Crippen LogP) is 4.36. The van der Waals surface area contributed by atoms with Gasteiger partial charge < -0.3 is 14.4 Å². The number of carbonyl (C=O) groups is 2. The van der Waals surface area contributed by atoms with E-state index < -0.39 is 5.97 Å². The van der Waals surface area contributed by atoms with E-state index in [0.29, 0.717) is 30.6 Å². The zero-order valence-electron chi connectivity index (χ0n) is 17.9. The summed E-state index contributed by atoms with van der Waals surface area (Å²) in [6.07, 6.45) is 0. The molecule has 5 nitrogen and oxygen atoms in total. The number of ether oxygens (including phenoxy) is 2. The zero-order valence-corrected chi connectivity index (χ0v) is 17.9. The molecule has 0 spiro atoms. The van der Waals surface area contributed by atoms with E-state index in [-0.39, 0.29) is 25.1 Å². The van der Waals surface area contributed by atoms with Gasteiger partial charge >= 0.3 is 5.97 Å². The van der Waals surface area contributed by atoms with E-state index in [0.717, 1.165) is 11.1 Å². The van der Waals surface area contributed by atoms with Gasteiger partial charge in [-0.3, -0.25) is 9.59 Å². The van der Waals surface area contributed by atoms with Gasteiger partial charge in [-0.25, -0.2) is 0 Å². The van der Waals surface area contributed by atoms with Crippen LogP contribution in [0.15, 0.2) is 18.2 Å². The number of esters is 1. The molecule has 5 heteroatoms. The van der Waals surface area contributed by atoms with Crippen molar-refractivity contribution in [1.82, 2.24) is 4.90 Å². The minimum Gasteiger partial charge on any atom is -0.462 e. The van der Waals surface area contributed by atoms with Crippen LogP contribution < -0.4 is 0 Å². The lowest BCUT2D eigenvalue weighted by Gasteiger charge is -2.26. The first-order chi connectivity index (χ1) is 12.7. The fourth-order valence-electron chi connectivity index (χ4n) is 2.66. The second-order valence-corrected chi connectivity index (χ2v) is 7.64. The molecule has 0 fully saturated rings. The second-order valence-electron chi connectivity index (χ2n) is 7.64. The molecule has 0 saturated carbocycles. The molecule has 0 heterocycles. The molecule has 0 saturated heterocycles. The first kappa shape index (κ1) is 23.2. The Morgan fingerprint density at radius 1 is 0.926 bits per heavy atom. The summed E-state index contributed by atoms with van der Waals surface area (Å²) in [5.74, 6) is 0.0922. The number of carbonyl (C=O) groups excluding carboxylic acids is 2. The molecular weight excluding hydrogens is 342 g/mol. The van der Waals surface area contributed by atoms with Gasteiger partial charge in [-0.05, 0) is 55.9 Å². The average molecular weight is 378 g/mol. The minimum atomic E-state index is -0.416.